The van der Waals surface area contributed by atoms with Gasteiger partial charge >= 0.3 is 0 Å². The first-order valence-electron chi connectivity index (χ1n) is 6.29. The Balaban J connectivity index is 2.00. The molecule has 0 spiro atoms. The van der Waals surface area contributed by atoms with Gasteiger partial charge in [0.1, 0.15) is 5.82 Å². The van der Waals surface area contributed by atoms with E-state index in [9.17, 15) is 4.39 Å². The van der Waals surface area contributed by atoms with Crippen molar-refractivity contribution in [2.75, 3.05) is 0 Å². The van der Waals surface area contributed by atoms with Crippen molar-refractivity contribution in [2.45, 2.75) is 38.9 Å². The van der Waals surface area contributed by atoms with Gasteiger partial charge in [-0.1, -0.05) is 6.07 Å². The molecule has 1 N–H and O–H groups in total. The molecule has 1 aliphatic rings. The van der Waals surface area contributed by atoms with Crippen LogP contribution in [0.25, 0.3) is 10.9 Å². The van der Waals surface area contributed by atoms with Crippen LogP contribution >= 0.6 is 0 Å². The monoisotopic (exact) mass is 232 g/mol. The molecule has 3 heteroatoms. The first-order chi connectivity index (χ1) is 8.29. The van der Waals surface area contributed by atoms with Gasteiger partial charge in [0.05, 0.1) is 5.52 Å². The third kappa shape index (κ3) is 1.95. The highest BCUT2D eigenvalue weighted by Gasteiger charge is 2.21. The first kappa shape index (κ1) is 10.8. The maximum absolute atomic E-state index is 13.7. The van der Waals surface area contributed by atoms with Crippen molar-refractivity contribution in [2.24, 2.45) is 0 Å². The van der Waals surface area contributed by atoms with Crippen molar-refractivity contribution >= 4 is 10.9 Å². The molecular formula is C14H17FN2. The van der Waals surface area contributed by atoms with Gasteiger partial charge in [-0.15, -0.1) is 0 Å². The summed E-state index contributed by atoms with van der Waals surface area (Å²) < 4.78 is 15.9. The summed E-state index contributed by atoms with van der Waals surface area (Å²) in [5.74, 6) is -0.123. The molecule has 1 aromatic carbocycles. The molecule has 1 aliphatic carbocycles. The Kier molecular flexibility index (Phi) is 2.63. The second-order valence-corrected chi connectivity index (χ2v) is 4.71. The number of nitrogens with one attached hydrogen (secondary N) is 1. The number of aromatic nitrogens is 1. The van der Waals surface area contributed by atoms with E-state index in [1.807, 2.05) is 12.1 Å². The lowest BCUT2D eigenvalue weighted by atomic mass is 10.2. The number of nitrogens with zero attached hydrogens (tertiary/aromatic N) is 1. The summed E-state index contributed by atoms with van der Waals surface area (Å²) in [7, 11) is 0. The molecule has 1 heterocycles. The van der Waals surface area contributed by atoms with Crippen LogP contribution in [0.2, 0.25) is 0 Å². The number of fused-ring (bicyclic) bond motifs is 1. The van der Waals surface area contributed by atoms with Crippen LogP contribution in [0.3, 0.4) is 0 Å². The van der Waals surface area contributed by atoms with Gasteiger partial charge in [0, 0.05) is 30.2 Å². The van der Waals surface area contributed by atoms with Crippen LogP contribution in [0.1, 0.15) is 25.5 Å². The van der Waals surface area contributed by atoms with Gasteiger partial charge in [-0.05, 0) is 38.0 Å². The molecule has 90 valence electrons. The molecular weight excluding hydrogens is 215 g/mol. The summed E-state index contributed by atoms with van der Waals surface area (Å²) >= 11 is 0. The van der Waals surface area contributed by atoms with E-state index in [0.717, 1.165) is 24.0 Å². The molecule has 2 nitrogen and oxygen atoms in total. The number of hydrogen-bond donors (Lipinski definition) is 1. The Morgan fingerprint density at radius 3 is 2.94 bits per heavy atom. The Morgan fingerprint density at radius 2 is 2.24 bits per heavy atom. The lowest BCUT2D eigenvalue weighted by Gasteiger charge is -2.08. The molecule has 0 atom stereocenters. The SMILES string of the molecule is CCn1c(CNC2CC2)cc2c(F)cccc21. The molecule has 3 rings (SSSR count). The fourth-order valence-electron chi connectivity index (χ4n) is 2.36. The molecule has 2 aromatic rings. The van der Waals surface area contributed by atoms with Crippen molar-refractivity contribution < 1.29 is 4.39 Å². The maximum atomic E-state index is 13.7. The van der Waals surface area contributed by atoms with Gasteiger partial charge in [0.2, 0.25) is 0 Å². The van der Waals surface area contributed by atoms with Crippen molar-refractivity contribution in [1.29, 1.82) is 0 Å². The second-order valence-electron chi connectivity index (χ2n) is 4.71. The van der Waals surface area contributed by atoms with Crippen LogP contribution in [0, 0.1) is 5.82 Å². The van der Waals surface area contributed by atoms with Crippen molar-refractivity contribution in [1.82, 2.24) is 9.88 Å². The zero-order valence-corrected chi connectivity index (χ0v) is 10.0. The molecule has 0 amide bonds. The highest BCUT2D eigenvalue weighted by atomic mass is 19.1. The minimum atomic E-state index is -0.123. The van der Waals surface area contributed by atoms with E-state index in [1.165, 1.54) is 24.6 Å². The number of rotatable bonds is 4. The summed E-state index contributed by atoms with van der Waals surface area (Å²) in [5, 5.41) is 4.22. The van der Waals surface area contributed by atoms with Crippen LogP contribution in [-0.2, 0) is 13.1 Å². The van der Waals surface area contributed by atoms with Crippen LogP contribution in [0.15, 0.2) is 24.3 Å². The minimum absolute atomic E-state index is 0.123. The van der Waals surface area contributed by atoms with Crippen LogP contribution in [0.4, 0.5) is 4.39 Å². The molecule has 0 unspecified atom stereocenters. The number of hydrogen-bond acceptors (Lipinski definition) is 1. The third-order valence-corrected chi connectivity index (χ3v) is 3.44. The van der Waals surface area contributed by atoms with E-state index in [-0.39, 0.29) is 5.82 Å². The highest BCUT2D eigenvalue weighted by molar-refractivity contribution is 5.82. The summed E-state index contributed by atoms with van der Waals surface area (Å²) in [6, 6.07) is 7.96. The molecule has 0 saturated heterocycles. The van der Waals surface area contributed by atoms with Gasteiger partial charge in [0.25, 0.3) is 0 Å². The van der Waals surface area contributed by atoms with Crippen LogP contribution in [0.5, 0.6) is 0 Å². The van der Waals surface area contributed by atoms with E-state index in [0.29, 0.717) is 6.04 Å². The maximum Gasteiger partial charge on any atom is 0.132 e. The topological polar surface area (TPSA) is 17.0 Å². The molecule has 1 fully saturated rings. The zero-order chi connectivity index (χ0) is 11.8. The Morgan fingerprint density at radius 1 is 1.41 bits per heavy atom. The van der Waals surface area contributed by atoms with E-state index in [1.54, 1.807) is 6.07 Å². The van der Waals surface area contributed by atoms with Crippen molar-refractivity contribution in [3.8, 4) is 0 Å². The molecule has 0 radical (unpaired) electrons. The average Bonchev–Trinajstić information content (AvgIpc) is 3.08. The Bertz CT molecular complexity index is 540. The molecule has 1 saturated carbocycles. The fraction of sp³-hybridized carbons (Fsp3) is 0.429. The quantitative estimate of drug-likeness (QED) is 0.857. The van der Waals surface area contributed by atoms with Crippen LogP contribution in [-0.4, -0.2) is 10.6 Å². The average molecular weight is 232 g/mol. The number of aryl methyl sites for hydroxylation is 1. The first-order valence-corrected chi connectivity index (χ1v) is 6.29. The lowest BCUT2D eigenvalue weighted by Crippen LogP contribution is -2.17. The molecule has 1 aromatic heterocycles. The largest absolute Gasteiger partial charge is 0.344 e. The van der Waals surface area contributed by atoms with Crippen molar-refractivity contribution in [3.63, 3.8) is 0 Å². The van der Waals surface area contributed by atoms with E-state index >= 15 is 0 Å². The zero-order valence-electron chi connectivity index (χ0n) is 10.0. The Labute approximate surface area is 100 Å². The standard InChI is InChI=1S/C14H17FN2/c1-2-17-11(9-16-10-6-7-10)8-12-13(15)4-3-5-14(12)17/h3-5,8,10,16H,2,6-7,9H2,1H3. The summed E-state index contributed by atoms with van der Waals surface area (Å²) in [6.45, 7) is 3.83. The number of benzene rings is 1. The predicted molar refractivity (Wildman–Crippen MR) is 67.4 cm³/mol. The third-order valence-electron chi connectivity index (χ3n) is 3.44. The summed E-state index contributed by atoms with van der Waals surface area (Å²) in [4.78, 5) is 0. The molecule has 0 bridgehead atoms. The highest BCUT2D eigenvalue weighted by Crippen LogP contribution is 2.24. The molecule has 17 heavy (non-hydrogen) atoms. The minimum Gasteiger partial charge on any atom is -0.344 e. The van der Waals surface area contributed by atoms with Gasteiger partial charge in [0.15, 0.2) is 0 Å². The molecule has 0 aliphatic heterocycles. The lowest BCUT2D eigenvalue weighted by molar-refractivity contribution is 0.634. The van der Waals surface area contributed by atoms with E-state index in [4.69, 9.17) is 0 Å². The van der Waals surface area contributed by atoms with Gasteiger partial charge < -0.3 is 9.88 Å². The predicted octanol–water partition coefficient (Wildman–Crippen LogP) is 3.05. The summed E-state index contributed by atoms with van der Waals surface area (Å²) in [5.41, 5.74) is 2.18. The van der Waals surface area contributed by atoms with Gasteiger partial charge in [-0.3, -0.25) is 0 Å². The van der Waals surface area contributed by atoms with Crippen molar-refractivity contribution in [3.05, 3.63) is 35.8 Å². The smallest absolute Gasteiger partial charge is 0.132 e. The van der Waals surface area contributed by atoms with E-state index in [2.05, 4.69) is 16.8 Å². The second kappa shape index (κ2) is 4.15. The van der Waals surface area contributed by atoms with Gasteiger partial charge in [-0.2, -0.15) is 0 Å². The van der Waals surface area contributed by atoms with Gasteiger partial charge in [-0.25, -0.2) is 4.39 Å². The Hall–Kier alpha value is -1.35. The van der Waals surface area contributed by atoms with Crippen LogP contribution < -0.4 is 5.32 Å². The normalized spacial score (nSPS) is 15.6. The fourth-order valence-corrected chi connectivity index (χ4v) is 2.36. The summed E-state index contributed by atoms with van der Waals surface area (Å²) in [6.07, 6.45) is 2.56. The number of halogens is 1. The van der Waals surface area contributed by atoms with E-state index < -0.39 is 0 Å².